The highest BCUT2D eigenvalue weighted by Gasteiger charge is 2.17. The minimum Gasteiger partial charge on any atom is -0.490 e. The molecule has 11 heteroatoms. The summed E-state index contributed by atoms with van der Waals surface area (Å²) >= 11 is 5.98. The van der Waals surface area contributed by atoms with Crippen molar-refractivity contribution in [1.82, 2.24) is 5.43 Å². The molecule has 0 bridgehead atoms. The number of rotatable bonds is 10. The Morgan fingerprint density at radius 2 is 1.81 bits per heavy atom. The van der Waals surface area contributed by atoms with Gasteiger partial charge in [0.15, 0.2) is 18.1 Å². The van der Waals surface area contributed by atoms with Crippen LogP contribution in [0.15, 0.2) is 59.7 Å². The van der Waals surface area contributed by atoms with Crippen molar-refractivity contribution in [3.63, 3.8) is 0 Å². The van der Waals surface area contributed by atoms with Gasteiger partial charge in [0.05, 0.1) is 23.3 Å². The molecule has 0 saturated heterocycles. The monoisotopic (exact) mass is 525 g/mol. The molecule has 1 N–H and O–H groups in total. The van der Waals surface area contributed by atoms with Gasteiger partial charge >= 0.3 is 5.97 Å². The second-order valence-corrected chi connectivity index (χ2v) is 8.19. The van der Waals surface area contributed by atoms with Gasteiger partial charge in [-0.25, -0.2) is 10.2 Å². The number of aryl methyl sites for hydroxylation is 2. The van der Waals surface area contributed by atoms with Crippen LogP contribution in [-0.2, 0) is 4.79 Å². The third-order valence-electron chi connectivity index (χ3n) is 5.00. The Labute approximate surface area is 218 Å². The summed E-state index contributed by atoms with van der Waals surface area (Å²) in [5.41, 5.74) is 4.19. The Balaban J connectivity index is 1.62. The number of carbonyl (C=O) groups is 2. The summed E-state index contributed by atoms with van der Waals surface area (Å²) in [6.07, 6.45) is 1.40. The minimum absolute atomic E-state index is 0.0890. The standard InChI is InChI=1S/C26H24ClN3O7/c1-4-35-24-13-18(14-28-29-25(31)15-36-20-7-8-21(27)16(2)12-20)5-10-23(24)37-26(32)19-6-9-22(30(33)34)17(3)11-19/h5-14H,4,15H2,1-3H3,(H,29,31)/b28-14+. The fourth-order valence-corrected chi connectivity index (χ4v) is 3.29. The maximum Gasteiger partial charge on any atom is 0.343 e. The molecule has 0 radical (unpaired) electrons. The van der Waals surface area contributed by atoms with Crippen molar-refractivity contribution in [3.8, 4) is 17.2 Å². The predicted octanol–water partition coefficient (Wildman–Crippen LogP) is 5.01. The molecule has 0 spiro atoms. The normalized spacial score (nSPS) is 10.7. The number of nitro groups is 1. The first-order chi connectivity index (χ1) is 17.7. The van der Waals surface area contributed by atoms with Crippen LogP contribution in [0.25, 0.3) is 0 Å². The fourth-order valence-electron chi connectivity index (χ4n) is 3.17. The Morgan fingerprint density at radius 3 is 2.49 bits per heavy atom. The van der Waals surface area contributed by atoms with Crippen molar-refractivity contribution in [2.45, 2.75) is 20.8 Å². The number of halogens is 1. The van der Waals surface area contributed by atoms with E-state index in [0.717, 1.165) is 5.56 Å². The number of nitrogens with one attached hydrogen (secondary N) is 1. The molecule has 37 heavy (non-hydrogen) atoms. The van der Waals surface area contributed by atoms with E-state index in [9.17, 15) is 19.7 Å². The highest BCUT2D eigenvalue weighted by molar-refractivity contribution is 6.31. The van der Waals surface area contributed by atoms with E-state index in [1.54, 1.807) is 37.3 Å². The van der Waals surface area contributed by atoms with Gasteiger partial charge in [0, 0.05) is 16.7 Å². The van der Waals surface area contributed by atoms with Crippen LogP contribution >= 0.6 is 11.6 Å². The number of amides is 1. The lowest BCUT2D eigenvalue weighted by Crippen LogP contribution is -2.24. The van der Waals surface area contributed by atoms with Gasteiger partial charge in [-0.15, -0.1) is 0 Å². The predicted molar refractivity (Wildman–Crippen MR) is 138 cm³/mol. The Kier molecular flexibility index (Phi) is 9.17. The molecule has 0 unspecified atom stereocenters. The number of ether oxygens (including phenoxy) is 3. The van der Waals surface area contributed by atoms with Crippen LogP contribution in [0.2, 0.25) is 5.02 Å². The lowest BCUT2D eigenvalue weighted by atomic mass is 10.1. The highest BCUT2D eigenvalue weighted by Crippen LogP contribution is 2.29. The number of nitro benzene ring substituents is 1. The van der Waals surface area contributed by atoms with E-state index in [0.29, 0.717) is 28.5 Å². The number of esters is 1. The van der Waals surface area contributed by atoms with E-state index in [2.05, 4.69) is 10.5 Å². The van der Waals surface area contributed by atoms with E-state index in [-0.39, 0.29) is 29.4 Å². The van der Waals surface area contributed by atoms with E-state index in [1.807, 2.05) is 6.92 Å². The first kappa shape index (κ1) is 27.2. The zero-order chi connectivity index (χ0) is 26.9. The number of nitrogens with zero attached hydrogens (tertiary/aromatic N) is 2. The zero-order valence-corrected chi connectivity index (χ0v) is 21.1. The molecular formula is C26H24ClN3O7. The summed E-state index contributed by atoms with van der Waals surface area (Å²) in [4.78, 5) is 35.1. The summed E-state index contributed by atoms with van der Waals surface area (Å²) in [6.45, 7) is 5.21. The summed E-state index contributed by atoms with van der Waals surface area (Å²) < 4.78 is 16.5. The number of carbonyl (C=O) groups excluding carboxylic acids is 2. The van der Waals surface area contributed by atoms with Crippen LogP contribution in [0.5, 0.6) is 17.2 Å². The average molecular weight is 526 g/mol. The fraction of sp³-hybridized carbons (Fsp3) is 0.192. The van der Waals surface area contributed by atoms with Crippen LogP contribution in [0.4, 0.5) is 5.69 Å². The summed E-state index contributed by atoms with van der Waals surface area (Å²) in [5, 5.41) is 15.5. The third kappa shape index (κ3) is 7.52. The van der Waals surface area contributed by atoms with Gasteiger partial charge in [0.25, 0.3) is 11.6 Å². The van der Waals surface area contributed by atoms with E-state index >= 15 is 0 Å². The van der Waals surface area contributed by atoms with Crippen molar-refractivity contribution in [3.05, 3.63) is 92.0 Å². The van der Waals surface area contributed by atoms with Crippen molar-refractivity contribution in [1.29, 1.82) is 0 Å². The van der Waals surface area contributed by atoms with Gasteiger partial charge in [-0.05, 0) is 80.4 Å². The second-order valence-electron chi connectivity index (χ2n) is 7.78. The summed E-state index contributed by atoms with van der Waals surface area (Å²) in [6, 6.07) is 13.8. The second kappa shape index (κ2) is 12.5. The number of benzene rings is 3. The van der Waals surface area contributed by atoms with Gasteiger partial charge in [-0.3, -0.25) is 14.9 Å². The molecule has 0 aromatic heterocycles. The molecule has 0 saturated carbocycles. The Hall–Kier alpha value is -4.44. The Morgan fingerprint density at radius 1 is 1.03 bits per heavy atom. The van der Waals surface area contributed by atoms with Crippen LogP contribution in [0.1, 0.15) is 34.0 Å². The lowest BCUT2D eigenvalue weighted by Gasteiger charge is -2.11. The first-order valence-electron chi connectivity index (χ1n) is 11.1. The van der Waals surface area contributed by atoms with Gasteiger partial charge in [-0.2, -0.15) is 5.10 Å². The van der Waals surface area contributed by atoms with Gasteiger partial charge in [-0.1, -0.05) is 11.6 Å². The van der Waals surface area contributed by atoms with Crippen LogP contribution < -0.4 is 19.6 Å². The van der Waals surface area contributed by atoms with Gasteiger partial charge in [0.1, 0.15) is 5.75 Å². The Bertz CT molecular complexity index is 1360. The van der Waals surface area contributed by atoms with E-state index in [1.165, 1.54) is 37.4 Å². The van der Waals surface area contributed by atoms with Crippen LogP contribution in [-0.4, -0.2) is 36.2 Å². The molecular weight excluding hydrogens is 502 g/mol. The average Bonchev–Trinajstić information content (AvgIpc) is 2.86. The van der Waals surface area contributed by atoms with Crippen molar-refractivity contribution < 1.29 is 28.7 Å². The lowest BCUT2D eigenvalue weighted by molar-refractivity contribution is -0.385. The quantitative estimate of drug-likeness (QED) is 0.129. The minimum atomic E-state index is -0.691. The molecule has 1 amide bonds. The summed E-state index contributed by atoms with van der Waals surface area (Å²) in [5.74, 6) is -0.195. The summed E-state index contributed by atoms with van der Waals surface area (Å²) in [7, 11) is 0. The zero-order valence-electron chi connectivity index (χ0n) is 20.3. The maximum atomic E-state index is 12.6. The van der Waals surface area contributed by atoms with E-state index in [4.69, 9.17) is 25.8 Å². The number of hydrogen-bond acceptors (Lipinski definition) is 8. The van der Waals surface area contributed by atoms with Crippen LogP contribution in [0.3, 0.4) is 0 Å². The largest absolute Gasteiger partial charge is 0.490 e. The van der Waals surface area contributed by atoms with Crippen molar-refractivity contribution in [2.75, 3.05) is 13.2 Å². The molecule has 3 rings (SSSR count). The van der Waals surface area contributed by atoms with Gasteiger partial charge in [0.2, 0.25) is 0 Å². The van der Waals surface area contributed by atoms with Gasteiger partial charge < -0.3 is 14.2 Å². The smallest absolute Gasteiger partial charge is 0.343 e. The molecule has 0 aliphatic heterocycles. The molecule has 10 nitrogen and oxygen atoms in total. The first-order valence-corrected chi connectivity index (χ1v) is 11.5. The molecule has 0 heterocycles. The molecule has 0 fully saturated rings. The molecule has 3 aromatic carbocycles. The molecule has 0 aliphatic rings. The molecule has 0 atom stereocenters. The number of hydrazone groups is 1. The van der Waals surface area contributed by atoms with Crippen molar-refractivity contribution >= 4 is 35.4 Å². The van der Waals surface area contributed by atoms with Crippen molar-refractivity contribution in [2.24, 2.45) is 5.10 Å². The number of hydrogen-bond donors (Lipinski definition) is 1. The maximum absolute atomic E-state index is 12.6. The third-order valence-corrected chi connectivity index (χ3v) is 5.43. The topological polar surface area (TPSA) is 129 Å². The van der Waals surface area contributed by atoms with Crippen LogP contribution in [0, 0.1) is 24.0 Å². The van der Waals surface area contributed by atoms with E-state index < -0.39 is 16.8 Å². The molecule has 3 aromatic rings. The molecule has 0 aliphatic carbocycles. The highest BCUT2D eigenvalue weighted by atomic mass is 35.5. The SMILES string of the molecule is CCOc1cc(/C=N/NC(=O)COc2ccc(Cl)c(C)c2)ccc1OC(=O)c1ccc([N+](=O)[O-])c(C)c1. The molecule has 192 valence electrons.